The number of amidine groups is 1. The highest BCUT2D eigenvalue weighted by Crippen LogP contribution is 2.19. The van der Waals surface area contributed by atoms with Crippen LogP contribution in [0.15, 0.2) is 23.6 Å². The summed E-state index contributed by atoms with van der Waals surface area (Å²) in [7, 11) is 2.11. The predicted octanol–water partition coefficient (Wildman–Crippen LogP) is 1.04. The maximum absolute atomic E-state index is 8.75. The Morgan fingerprint density at radius 1 is 1.63 bits per heavy atom. The zero-order valence-corrected chi connectivity index (χ0v) is 11.1. The number of hydrogen-bond acceptors (Lipinski definition) is 5. The van der Waals surface area contributed by atoms with Gasteiger partial charge in [-0.25, -0.2) is 0 Å². The largest absolute Gasteiger partial charge is 0.490 e. The van der Waals surface area contributed by atoms with Crippen LogP contribution in [0.4, 0.5) is 0 Å². The van der Waals surface area contributed by atoms with Gasteiger partial charge in [0.05, 0.1) is 11.8 Å². The molecule has 1 atom stereocenters. The summed E-state index contributed by atoms with van der Waals surface area (Å²) in [5.74, 6) is 0.589. The van der Waals surface area contributed by atoms with Gasteiger partial charge in [0.1, 0.15) is 12.4 Å². The zero-order valence-electron chi connectivity index (χ0n) is 11.1. The lowest BCUT2D eigenvalue weighted by atomic mass is 10.0. The van der Waals surface area contributed by atoms with E-state index in [1.54, 1.807) is 18.5 Å². The van der Waals surface area contributed by atoms with Crippen molar-refractivity contribution in [3.8, 4) is 5.75 Å². The topological polar surface area (TPSA) is 84.0 Å². The molecule has 1 saturated heterocycles. The molecule has 0 spiro atoms. The summed E-state index contributed by atoms with van der Waals surface area (Å²) in [5.41, 5.74) is 6.18. The Morgan fingerprint density at radius 3 is 3.21 bits per heavy atom. The highest BCUT2D eigenvalue weighted by Gasteiger charge is 2.20. The third-order valence-electron chi connectivity index (χ3n) is 3.52. The van der Waals surface area contributed by atoms with Crippen LogP contribution in [0.25, 0.3) is 0 Å². The fourth-order valence-electron chi connectivity index (χ4n) is 2.30. The summed E-state index contributed by atoms with van der Waals surface area (Å²) in [6.45, 7) is 1.70. The highest BCUT2D eigenvalue weighted by molar-refractivity contribution is 5.99. The third kappa shape index (κ3) is 3.35. The van der Waals surface area contributed by atoms with Crippen LogP contribution in [-0.2, 0) is 0 Å². The van der Waals surface area contributed by atoms with Gasteiger partial charge in [0.2, 0.25) is 0 Å². The molecular formula is C13H20N4O2. The number of hydrogen-bond donors (Lipinski definition) is 2. The first kappa shape index (κ1) is 13.6. The molecule has 104 valence electrons. The van der Waals surface area contributed by atoms with E-state index in [0.29, 0.717) is 24.0 Å². The highest BCUT2D eigenvalue weighted by atomic mass is 16.5. The van der Waals surface area contributed by atoms with E-state index in [2.05, 4.69) is 22.1 Å². The molecule has 1 fully saturated rings. The van der Waals surface area contributed by atoms with Gasteiger partial charge in [-0.1, -0.05) is 11.6 Å². The van der Waals surface area contributed by atoms with Crippen LogP contribution < -0.4 is 10.5 Å². The molecule has 1 unspecified atom stereocenters. The number of nitrogens with zero attached hydrogens (tertiary/aromatic N) is 3. The second-order valence-corrected chi connectivity index (χ2v) is 4.80. The van der Waals surface area contributed by atoms with Crippen LogP contribution in [-0.4, -0.2) is 47.2 Å². The average Bonchev–Trinajstić information content (AvgIpc) is 2.46. The molecule has 0 bridgehead atoms. The van der Waals surface area contributed by atoms with Crippen LogP contribution in [0.1, 0.15) is 24.8 Å². The van der Waals surface area contributed by atoms with Crippen molar-refractivity contribution in [3.63, 3.8) is 0 Å². The Hall–Kier alpha value is -1.82. The van der Waals surface area contributed by atoms with Crippen molar-refractivity contribution in [1.82, 2.24) is 9.88 Å². The first-order valence-corrected chi connectivity index (χ1v) is 6.47. The van der Waals surface area contributed by atoms with E-state index in [1.165, 1.54) is 12.8 Å². The SMILES string of the molecule is CN1CCCCC1COc1cnccc1/C(N)=N/O. The minimum atomic E-state index is 0.0365. The van der Waals surface area contributed by atoms with E-state index in [1.807, 2.05) is 0 Å². The van der Waals surface area contributed by atoms with E-state index in [0.717, 1.165) is 13.0 Å². The number of ether oxygens (including phenoxy) is 1. The van der Waals surface area contributed by atoms with Crippen molar-refractivity contribution < 1.29 is 9.94 Å². The summed E-state index contributed by atoms with van der Waals surface area (Å²) in [5, 5.41) is 11.8. The molecule has 0 radical (unpaired) electrons. The van der Waals surface area contributed by atoms with E-state index >= 15 is 0 Å². The lowest BCUT2D eigenvalue weighted by Gasteiger charge is -2.32. The molecule has 1 aromatic heterocycles. The van der Waals surface area contributed by atoms with Gasteiger partial charge in [0.15, 0.2) is 5.84 Å². The Morgan fingerprint density at radius 2 is 2.47 bits per heavy atom. The lowest BCUT2D eigenvalue weighted by molar-refractivity contribution is 0.125. The molecule has 0 aliphatic carbocycles. The molecular weight excluding hydrogens is 244 g/mol. The van der Waals surface area contributed by atoms with Crippen LogP contribution in [0.3, 0.4) is 0 Å². The summed E-state index contributed by atoms with van der Waals surface area (Å²) >= 11 is 0. The molecule has 1 aromatic rings. The van der Waals surface area contributed by atoms with Gasteiger partial charge in [0, 0.05) is 12.2 Å². The number of likely N-dealkylation sites (tertiary alicyclic amines) is 1. The van der Waals surface area contributed by atoms with Gasteiger partial charge in [-0.3, -0.25) is 4.98 Å². The number of likely N-dealkylation sites (N-methyl/N-ethyl adjacent to an activating group) is 1. The van der Waals surface area contributed by atoms with E-state index in [-0.39, 0.29) is 5.84 Å². The van der Waals surface area contributed by atoms with Crippen molar-refractivity contribution >= 4 is 5.84 Å². The number of nitrogens with two attached hydrogens (primary N) is 1. The summed E-state index contributed by atoms with van der Waals surface area (Å²) in [6, 6.07) is 2.09. The number of aromatic nitrogens is 1. The Bertz CT molecular complexity index is 450. The maximum atomic E-state index is 8.75. The Kier molecular flexibility index (Phi) is 4.57. The Balaban J connectivity index is 2.03. The number of rotatable bonds is 4. The van der Waals surface area contributed by atoms with Crippen molar-refractivity contribution in [2.75, 3.05) is 20.2 Å². The summed E-state index contributed by atoms with van der Waals surface area (Å²) in [6.07, 6.45) is 6.80. The summed E-state index contributed by atoms with van der Waals surface area (Å²) < 4.78 is 5.79. The van der Waals surface area contributed by atoms with Gasteiger partial charge in [-0.05, 0) is 32.5 Å². The Labute approximate surface area is 112 Å². The van der Waals surface area contributed by atoms with Crippen LogP contribution in [0, 0.1) is 0 Å². The van der Waals surface area contributed by atoms with Crippen molar-refractivity contribution in [2.45, 2.75) is 25.3 Å². The maximum Gasteiger partial charge on any atom is 0.173 e. The number of pyridine rings is 1. The van der Waals surface area contributed by atoms with Crippen molar-refractivity contribution in [3.05, 3.63) is 24.0 Å². The van der Waals surface area contributed by atoms with Crippen molar-refractivity contribution in [2.24, 2.45) is 10.9 Å². The van der Waals surface area contributed by atoms with Gasteiger partial charge in [-0.2, -0.15) is 0 Å². The molecule has 6 nitrogen and oxygen atoms in total. The first-order chi connectivity index (χ1) is 9.22. The van der Waals surface area contributed by atoms with E-state index < -0.39 is 0 Å². The average molecular weight is 264 g/mol. The van der Waals surface area contributed by atoms with Gasteiger partial charge < -0.3 is 20.6 Å². The molecule has 0 saturated carbocycles. The zero-order chi connectivity index (χ0) is 13.7. The minimum absolute atomic E-state index is 0.0365. The molecule has 2 heterocycles. The number of oxime groups is 1. The summed E-state index contributed by atoms with van der Waals surface area (Å²) in [4.78, 5) is 6.32. The smallest absolute Gasteiger partial charge is 0.173 e. The second kappa shape index (κ2) is 6.38. The molecule has 0 amide bonds. The fraction of sp³-hybridized carbons (Fsp3) is 0.538. The monoisotopic (exact) mass is 264 g/mol. The molecule has 2 rings (SSSR count). The predicted molar refractivity (Wildman–Crippen MR) is 72.5 cm³/mol. The van der Waals surface area contributed by atoms with Crippen LogP contribution in [0.2, 0.25) is 0 Å². The van der Waals surface area contributed by atoms with Crippen LogP contribution in [0.5, 0.6) is 5.75 Å². The molecule has 0 aromatic carbocycles. The van der Waals surface area contributed by atoms with Gasteiger partial charge in [0.25, 0.3) is 0 Å². The standard InChI is InChI=1S/C13H20N4O2/c1-17-7-3-2-4-10(17)9-19-12-8-15-6-5-11(12)13(14)16-18/h5-6,8,10,18H,2-4,7,9H2,1H3,(H2,14,16). The minimum Gasteiger partial charge on any atom is -0.490 e. The fourth-order valence-corrected chi connectivity index (χ4v) is 2.30. The van der Waals surface area contributed by atoms with E-state index in [9.17, 15) is 0 Å². The quantitative estimate of drug-likeness (QED) is 0.367. The van der Waals surface area contributed by atoms with Gasteiger partial charge in [-0.15, -0.1) is 0 Å². The van der Waals surface area contributed by atoms with Crippen LogP contribution >= 0.6 is 0 Å². The lowest BCUT2D eigenvalue weighted by Crippen LogP contribution is -2.40. The molecule has 1 aliphatic rings. The molecule has 6 heteroatoms. The third-order valence-corrected chi connectivity index (χ3v) is 3.52. The molecule has 19 heavy (non-hydrogen) atoms. The van der Waals surface area contributed by atoms with E-state index in [4.69, 9.17) is 15.7 Å². The molecule has 1 aliphatic heterocycles. The normalized spacial score (nSPS) is 21.3. The van der Waals surface area contributed by atoms with Gasteiger partial charge >= 0.3 is 0 Å². The number of piperidine rings is 1. The van der Waals surface area contributed by atoms with Crippen molar-refractivity contribution in [1.29, 1.82) is 0 Å². The first-order valence-electron chi connectivity index (χ1n) is 6.47. The second-order valence-electron chi connectivity index (χ2n) is 4.80. The molecule has 3 N–H and O–H groups in total.